The Balaban J connectivity index is 2.16. The third kappa shape index (κ3) is 3.21. The van der Waals surface area contributed by atoms with Gasteiger partial charge in [-0.1, -0.05) is 25.8 Å². The van der Waals surface area contributed by atoms with Gasteiger partial charge in [-0.3, -0.25) is 0 Å². The molecule has 2 N–H and O–H groups in total. The highest BCUT2D eigenvalue weighted by molar-refractivity contribution is 5.44. The molecule has 0 radical (unpaired) electrons. The summed E-state index contributed by atoms with van der Waals surface area (Å²) in [5.41, 5.74) is 7.24. The summed E-state index contributed by atoms with van der Waals surface area (Å²) in [6, 6.07) is 5.97. The minimum absolute atomic E-state index is 0.0567. The van der Waals surface area contributed by atoms with Crippen molar-refractivity contribution < 1.29 is 9.47 Å². The first-order chi connectivity index (χ1) is 9.08. The molecule has 0 amide bonds. The van der Waals surface area contributed by atoms with E-state index >= 15 is 0 Å². The predicted octanol–water partition coefficient (Wildman–Crippen LogP) is 3.82. The lowest BCUT2D eigenvalue weighted by Gasteiger charge is -2.39. The van der Waals surface area contributed by atoms with Crippen LogP contribution in [0.3, 0.4) is 0 Å². The average molecular weight is 263 g/mol. The van der Waals surface area contributed by atoms with Crippen LogP contribution in [0.1, 0.15) is 57.6 Å². The van der Waals surface area contributed by atoms with Gasteiger partial charge in [0.25, 0.3) is 0 Å². The van der Waals surface area contributed by atoms with E-state index in [2.05, 4.69) is 13.8 Å². The molecule has 0 aliphatic carbocycles. The van der Waals surface area contributed by atoms with Crippen LogP contribution in [0.15, 0.2) is 18.2 Å². The second-order valence-electron chi connectivity index (χ2n) is 5.72. The van der Waals surface area contributed by atoms with E-state index in [0.29, 0.717) is 0 Å². The first-order valence-electron chi connectivity index (χ1n) is 7.20. The van der Waals surface area contributed by atoms with E-state index in [4.69, 9.17) is 15.2 Å². The Kier molecular flexibility index (Phi) is 4.35. The molecule has 1 aromatic carbocycles. The van der Waals surface area contributed by atoms with Gasteiger partial charge in [-0.25, -0.2) is 0 Å². The van der Waals surface area contributed by atoms with Crippen molar-refractivity contribution in [3.8, 4) is 11.5 Å². The molecule has 19 heavy (non-hydrogen) atoms. The Morgan fingerprint density at radius 2 is 2.21 bits per heavy atom. The fraction of sp³-hybridized carbons (Fsp3) is 0.625. The maximum absolute atomic E-state index is 6.30. The molecule has 1 unspecified atom stereocenters. The largest absolute Gasteiger partial charge is 0.497 e. The highest BCUT2D eigenvalue weighted by Crippen LogP contribution is 2.42. The van der Waals surface area contributed by atoms with Gasteiger partial charge in [-0.05, 0) is 25.8 Å². The maximum atomic E-state index is 6.30. The van der Waals surface area contributed by atoms with Gasteiger partial charge in [0.2, 0.25) is 0 Å². The Hall–Kier alpha value is -1.22. The quantitative estimate of drug-likeness (QED) is 0.821. The van der Waals surface area contributed by atoms with Gasteiger partial charge in [0.15, 0.2) is 0 Å². The number of nitrogens with two attached hydrogens (primary N) is 1. The van der Waals surface area contributed by atoms with Crippen LogP contribution in [0.4, 0.5) is 0 Å². The molecule has 2 atom stereocenters. The first kappa shape index (κ1) is 14.2. The summed E-state index contributed by atoms with van der Waals surface area (Å²) in [5, 5.41) is 0. The van der Waals surface area contributed by atoms with E-state index in [9.17, 15) is 0 Å². The maximum Gasteiger partial charge on any atom is 0.128 e. The zero-order valence-corrected chi connectivity index (χ0v) is 12.2. The van der Waals surface area contributed by atoms with Crippen LogP contribution in [0, 0.1) is 0 Å². The molecule has 0 fully saturated rings. The first-order valence-corrected chi connectivity index (χ1v) is 7.20. The van der Waals surface area contributed by atoms with Gasteiger partial charge in [0.05, 0.1) is 7.11 Å². The van der Waals surface area contributed by atoms with Gasteiger partial charge < -0.3 is 15.2 Å². The number of methoxy groups -OCH3 is 1. The summed E-state index contributed by atoms with van der Waals surface area (Å²) >= 11 is 0. The predicted molar refractivity (Wildman–Crippen MR) is 77.7 cm³/mol. The lowest BCUT2D eigenvalue weighted by Crippen LogP contribution is -2.40. The third-order valence-electron chi connectivity index (χ3n) is 3.94. The SMILES string of the molecule is CCCCCC1(C)C[C@H](N)c2ccc(OC)cc2O1. The van der Waals surface area contributed by atoms with Crippen LogP contribution in [-0.4, -0.2) is 12.7 Å². The number of fused-ring (bicyclic) bond motifs is 1. The number of rotatable bonds is 5. The highest BCUT2D eigenvalue weighted by atomic mass is 16.5. The molecule has 1 heterocycles. The van der Waals surface area contributed by atoms with Gasteiger partial charge in [-0.2, -0.15) is 0 Å². The molecule has 0 saturated heterocycles. The molecule has 1 aromatic rings. The van der Waals surface area contributed by atoms with Crippen LogP contribution in [0.2, 0.25) is 0 Å². The van der Waals surface area contributed by atoms with Crippen LogP contribution in [0.5, 0.6) is 11.5 Å². The van der Waals surface area contributed by atoms with Gasteiger partial charge >= 0.3 is 0 Å². The van der Waals surface area contributed by atoms with Crippen LogP contribution in [0.25, 0.3) is 0 Å². The van der Waals surface area contributed by atoms with E-state index in [1.165, 1.54) is 19.3 Å². The molecule has 3 heteroatoms. The van der Waals surface area contributed by atoms with E-state index in [0.717, 1.165) is 29.9 Å². The lowest BCUT2D eigenvalue weighted by molar-refractivity contribution is 0.0428. The lowest BCUT2D eigenvalue weighted by atomic mass is 9.85. The Morgan fingerprint density at radius 3 is 2.89 bits per heavy atom. The minimum Gasteiger partial charge on any atom is -0.497 e. The van der Waals surface area contributed by atoms with E-state index < -0.39 is 0 Å². The summed E-state index contributed by atoms with van der Waals surface area (Å²) in [6.07, 6.45) is 5.62. The van der Waals surface area contributed by atoms with Crippen LogP contribution >= 0.6 is 0 Å². The summed E-state index contributed by atoms with van der Waals surface area (Å²) in [4.78, 5) is 0. The molecule has 0 aromatic heterocycles. The summed E-state index contributed by atoms with van der Waals surface area (Å²) < 4.78 is 11.5. The Labute approximate surface area is 116 Å². The molecule has 2 rings (SSSR count). The molecule has 1 aliphatic rings. The fourth-order valence-corrected chi connectivity index (χ4v) is 2.82. The van der Waals surface area contributed by atoms with Crippen molar-refractivity contribution in [3.05, 3.63) is 23.8 Å². The van der Waals surface area contributed by atoms with E-state index in [-0.39, 0.29) is 11.6 Å². The zero-order chi connectivity index (χ0) is 13.9. The Morgan fingerprint density at radius 1 is 1.42 bits per heavy atom. The second kappa shape index (κ2) is 5.83. The van der Waals surface area contributed by atoms with Crippen molar-refractivity contribution in [1.29, 1.82) is 0 Å². The van der Waals surface area contributed by atoms with E-state index in [1.54, 1.807) is 7.11 Å². The van der Waals surface area contributed by atoms with E-state index in [1.807, 2.05) is 18.2 Å². The molecule has 0 spiro atoms. The average Bonchev–Trinajstić information content (AvgIpc) is 2.38. The van der Waals surface area contributed by atoms with Crippen molar-refractivity contribution >= 4 is 0 Å². The smallest absolute Gasteiger partial charge is 0.128 e. The number of ether oxygens (including phenoxy) is 2. The number of unbranched alkanes of at least 4 members (excludes halogenated alkanes) is 2. The van der Waals surface area contributed by atoms with Crippen molar-refractivity contribution in [2.75, 3.05) is 7.11 Å². The molecule has 1 aliphatic heterocycles. The van der Waals surface area contributed by atoms with Crippen molar-refractivity contribution in [3.63, 3.8) is 0 Å². The van der Waals surface area contributed by atoms with Gasteiger partial charge in [0.1, 0.15) is 17.1 Å². The summed E-state index contributed by atoms with van der Waals surface area (Å²) in [5.74, 6) is 1.71. The number of hydrogen-bond donors (Lipinski definition) is 1. The monoisotopic (exact) mass is 263 g/mol. The zero-order valence-electron chi connectivity index (χ0n) is 12.2. The highest BCUT2D eigenvalue weighted by Gasteiger charge is 2.35. The van der Waals surface area contributed by atoms with Crippen LogP contribution < -0.4 is 15.2 Å². The number of hydrogen-bond acceptors (Lipinski definition) is 3. The van der Waals surface area contributed by atoms with Crippen molar-refractivity contribution in [2.45, 2.75) is 57.6 Å². The van der Waals surface area contributed by atoms with Gasteiger partial charge in [-0.15, -0.1) is 0 Å². The minimum atomic E-state index is -0.145. The number of benzene rings is 1. The van der Waals surface area contributed by atoms with Crippen molar-refractivity contribution in [2.24, 2.45) is 5.73 Å². The third-order valence-corrected chi connectivity index (χ3v) is 3.94. The molecule has 0 saturated carbocycles. The summed E-state index contributed by atoms with van der Waals surface area (Å²) in [6.45, 7) is 4.39. The van der Waals surface area contributed by atoms with Crippen molar-refractivity contribution in [1.82, 2.24) is 0 Å². The van der Waals surface area contributed by atoms with Gasteiger partial charge in [0, 0.05) is 24.1 Å². The standard InChI is InChI=1S/C16H25NO2/c1-4-5-6-9-16(2)11-14(17)13-8-7-12(18-3)10-15(13)19-16/h7-8,10,14H,4-6,9,11,17H2,1-3H3/t14-,16?/m0/s1. The molecule has 106 valence electrons. The molecule has 3 nitrogen and oxygen atoms in total. The van der Waals surface area contributed by atoms with Crippen LogP contribution in [-0.2, 0) is 0 Å². The molecular formula is C16H25NO2. The summed E-state index contributed by atoms with van der Waals surface area (Å²) in [7, 11) is 1.67. The molecular weight excluding hydrogens is 238 g/mol. The molecule has 0 bridgehead atoms. The topological polar surface area (TPSA) is 44.5 Å². The Bertz CT molecular complexity index is 433. The fourth-order valence-electron chi connectivity index (χ4n) is 2.82. The second-order valence-corrected chi connectivity index (χ2v) is 5.72. The normalized spacial score (nSPS) is 25.6.